The van der Waals surface area contributed by atoms with E-state index in [0.29, 0.717) is 12.6 Å². The van der Waals surface area contributed by atoms with Gasteiger partial charge in [0.25, 0.3) is 5.69 Å². The zero-order valence-electron chi connectivity index (χ0n) is 26.7. The molecule has 0 N–H and O–H groups in total. The van der Waals surface area contributed by atoms with Crippen molar-refractivity contribution in [1.82, 2.24) is 4.90 Å². The maximum absolute atomic E-state index is 12.7. The summed E-state index contributed by atoms with van der Waals surface area (Å²) in [5.74, 6) is -2.15. The molecule has 0 radical (unpaired) electrons. The lowest BCUT2D eigenvalue weighted by molar-refractivity contribution is -0.385. The number of benzene rings is 3. The molecule has 3 rings (SSSR count). The van der Waals surface area contributed by atoms with E-state index >= 15 is 0 Å². The summed E-state index contributed by atoms with van der Waals surface area (Å²) in [5.41, 5.74) is -1.30. The Morgan fingerprint density at radius 2 is 1.60 bits per heavy atom. The SMILES string of the molecule is CC(C)N(Cc1ccccc1)C(=O)C(C)(C)C.CCOC(=O)COC(=O)c1cc(Oc2ccc(C(F)(F)F)cc2Cl)ccc1[N+](=O)[O-]. The fraction of sp³-hybridized carbons (Fsp3) is 0.364. The van der Waals surface area contributed by atoms with Crippen LogP contribution in [0.4, 0.5) is 18.9 Å². The van der Waals surface area contributed by atoms with Crippen LogP contribution in [0.1, 0.15) is 63.0 Å². The second-order valence-corrected chi connectivity index (χ2v) is 11.7. The molecule has 0 atom stereocenters. The standard InChI is InChI=1S/C18H13ClF3NO7.C15H23NO/c1-2-28-16(24)9-29-17(25)12-8-11(4-5-14(12)23(26)27)30-15-6-3-10(7-13(15)19)18(20,21)22;1-12(2)16(14(17)15(3,4)5)11-13-9-7-6-8-10-13/h3-8H,2,9H2,1H3;6-10,12H,11H2,1-5H3. The van der Waals surface area contributed by atoms with Crippen LogP contribution in [0.25, 0.3) is 0 Å². The zero-order valence-corrected chi connectivity index (χ0v) is 27.5. The lowest BCUT2D eigenvalue weighted by Gasteiger charge is -2.32. The van der Waals surface area contributed by atoms with Crippen LogP contribution in [-0.2, 0) is 31.8 Å². The van der Waals surface area contributed by atoms with E-state index in [0.717, 1.165) is 30.3 Å². The molecule has 3 aromatic carbocycles. The van der Waals surface area contributed by atoms with Crippen molar-refractivity contribution in [3.8, 4) is 11.5 Å². The Bertz CT molecular complexity index is 1560. The molecule has 0 saturated heterocycles. The number of esters is 2. The van der Waals surface area contributed by atoms with Crippen LogP contribution in [0.5, 0.6) is 11.5 Å². The molecule has 254 valence electrons. The van der Waals surface area contributed by atoms with Crippen molar-refractivity contribution in [2.45, 2.75) is 60.3 Å². The van der Waals surface area contributed by atoms with Crippen LogP contribution in [0, 0.1) is 15.5 Å². The molecular formula is C33H36ClF3N2O8. The fourth-order valence-electron chi connectivity index (χ4n) is 3.89. The number of nitrogens with zero attached hydrogens (tertiary/aromatic N) is 2. The largest absolute Gasteiger partial charge is 0.463 e. The molecule has 0 saturated carbocycles. The van der Waals surface area contributed by atoms with Crippen LogP contribution >= 0.6 is 11.6 Å². The molecule has 0 bridgehead atoms. The summed E-state index contributed by atoms with van der Waals surface area (Å²) in [4.78, 5) is 48.0. The minimum Gasteiger partial charge on any atom is -0.463 e. The van der Waals surface area contributed by atoms with Crippen LogP contribution < -0.4 is 4.74 Å². The lowest BCUT2D eigenvalue weighted by Crippen LogP contribution is -2.43. The normalized spacial score (nSPS) is 11.2. The summed E-state index contributed by atoms with van der Waals surface area (Å²) in [6.07, 6.45) is -4.61. The number of hydrogen-bond acceptors (Lipinski definition) is 8. The molecule has 3 aromatic rings. The van der Waals surface area contributed by atoms with Crippen LogP contribution in [0.2, 0.25) is 5.02 Å². The van der Waals surface area contributed by atoms with Crippen LogP contribution in [0.3, 0.4) is 0 Å². The van der Waals surface area contributed by atoms with Crippen molar-refractivity contribution in [2.75, 3.05) is 13.2 Å². The average Bonchev–Trinajstić information content (AvgIpc) is 2.99. The summed E-state index contributed by atoms with van der Waals surface area (Å²) in [5, 5.41) is 10.8. The third-order valence-corrected chi connectivity index (χ3v) is 6.52. The monoisotopic (exact) mass is 680 g/mol. The van der Waals surface area contributed by atoms with Gasteiger partial charge in [-0.05, 0) is 50.6 Å². The number of nitro benzene ring substituents is 1. The topological polar surface area (TPSA) is 125 Å². The highest BCUT2D eigenvalue weighted by Crippen LogP contribution is 2.37. The Morgan fingerprint density at radius 1 is 0.957 bits per heavy atom. The molecule has 0 fully saturated rings. The highest BCUT2D eigenvalue weighted by molar-refractivity contribution is 6.32. The number of hydrogen-bond donors (Lipinski definition) is 0. The summed E-state index contributed by atoms with van der Waals surface area (Å²) in [7, 11) is 0. The second-order valence-electron chi connectivity index (χ2n) is 11.3. The van der Waals surface area contributed by atoms with Crippen LogP contribution in [0.15, 0.2) is 66.7 Å². The van der Waals surface area contributed by atoms with Gasteiger partial charge in [0.1, 0.15) is 17.1 Å². The van der Waals surface area contributed by atoms with E-state index in [-0.39, 0.29) is 40.5 Å². The third kappa shape index (κ3) is 11.9. The Labute approximate surface area is 275 Å². The van der Waals surface area contributed by atoms with Crippen molar-refractivity contribution in [3.05, 3.63) is 98.6 Å². The van der Waals surface area contributed by atoms with Gasteiger partial charge in [0.05, 0.1) is 22.1 Å². The molecule has 0 aromatic heterocycles. The van der Waals surface area contributed by atoms with E-state index in [1.807, 2.05) is 43.9 Å². The highest BCUT2D eigenvalue weighted by Gasteiger charge is 2.31. The number of alkyl halides is 3. The predicted octanol–water partition coefficient (Wildman–Crippen LogP) is 8.25. The van der Waals surface area contributed by atoms with Crippen molar-refractivity contribution in [1.29, 1.82) is 0 Å². The van der Waals surface area contributed by atoms with E-state index in [1.165, 1.54) is 12.5 Å². The van der Waals surface area contributed by atoms with E-state index in [4.69, 9.17) is 21.1 Å². The molecule has 47 heavy (non-hydrogen) atoms. The van der Waals surface area contributed by atoms with Crippen molar-refractivity contribution < 1.29 is 46.7 Å². The molecule has 0 aliphatic heterocycles. The van der Waals surface area contributed by atoms with Gasteiger partial charge in [0.15, 0.2) is 6.61 Å². The molecule has 0 spiro atoms. The molecule has 14 heteroatoms. The fourth-order valence-corrected chi connectivity index (χ4v) is 4.11. The molecular weight excluding hydrogens is 645 g/mol. The maximum atomic E-state index is 12.7. The maximum Gasteiger partial charge on any atom is 0.416 e. The van der Waals surface area contributed by atoms with E-state index in [1.54, 1.807) is 0 Å². The van der Waals surface area contributed by atoms with Gasteiger partial charge in [-0.2, -0.15) is 13.2 Å². The van der Waals surface area contributed by atoms with Gasteiger partial charge in [-0.15, -0.1) is 0 Å². The minimum absolute atomic E-state index is 0.0493. The number of carbonyl (C=O) groups is 3. The molecule has 0 unspecified atom stereocenters. The first-order valence-corrected chi connectivity index (χ1v) is 14.7. The van der Waals surface area contributed by atoms with Gasteiger partial charge < -0.3 is 19.1 Å². The Morgan fingerprint density at radius 3 is 2.11 bits per heavy atom. The number of ether oxygens (including phenoxy) is 3. The summed E-state index contributed by atoms with van der Waals surface area (Å²) in [6.45, 7) is 11.5. The van der Waals surface area contributed by atoms with Crippen molar-refractivity contribution in [3.63, 3.8) is 0 Å². The molecule has 10 nitrogen and oxygen atoms in total. The number of halogens is 4. The van der Waals surface area contributed by atoms with Gasteiger partial charge >= 0.3 is 18.1 Å². The number of amides is 1. The first kappa shape index (κ1) is 38.5. The van der Waals surface area contributed by atoms with Gasteiger partial charge in [0.2, 0.25) is 5.91 Å². The van der Waals surface area contributed by atoms with E-state index in [9.17, 15) is 37.7 Å². The van der Waals surface area contributed by atoms with Gasteiger partial charge in [0, 0.05) is 30.1 Å². The van der Waals surface area contributed by atoms with E-state index < -0.39 is 46.5 Å². The second kappa shape index (κ2) is 16.8. The van der Waals surface area contributed by atoms with E-state index in [2.05, 4.69) is 30.7 Å². The summed E-state index contributed by atoms with van der Waals surface area (Å²) < 4.78 is 52.8. The van der Waals surface area contributed by atoms with Crippen molar-refractivity contribution >= 4 is 35.1 Å². The van der Waals surface area contributed by atoms with Gasteiger partial charge in [-0.25, -0.2) is 9.59 Å². The highest BCUT2D eigenvalue weighted by atomic mass is 35.5. The quantitative estimate of drug-likeness (QED) is 0.119. The third-order valence-electron chi connectivity index (χ3n) is 6.22. The molecule has 0 aliphatic rings. The molecule has 0 aliphatic carbocycles. The van der Waals surface area contributed by atoms with Crippen molar-refractivity contribution in [2.24, 2.45) is 5.41 Å². The summed E-state index contributed by atoms with van der Waals surface area (Å²) >= 11 is 5.81. The van der Waals surface area contributed by atoms with Crippen LogP contribution in [-0.4, -0.2) is 46.9 Å². The Balaban J connectivity index is 0.000000382. The lowest BCUT2D eigenvalue weighted by atomic mass is 9.93. The zero-order chi connectivity index (χ0) is 35.5. The number of carbonyl (C=O) groups excluding carboxylic acids is 3. The average molecular weight is 681 g/mol. The first-order chi connectivity index (χ1) is 21.8. The first-order valence-electron chi connectivity index (χ1n) is 14.4. The smallest absolute Gasteiger partial charge is 0.416 e. The summed E-state index contributed by atoms with van der Waals surface area (Å²) in [6, 6.07) is 15.7. The van der Waals surface area contributed by atoms with Gasteiger partial charge in [-0.1, -0.05) is 62.7 Å². The minimum atomic E-state index is -4.61. The Hall–Kier alpha value is -4.65. The number of rotatable bonds is 10. The van der Waals surface area contributed by atoms with Gasteiger partial charge in [-0.3, -0.25) is 14.9 Å². The molecule has 0 heterocycles. The Kier molecular flexibility index (Phi) is 13.8. The molecule has 1 amide bonds. The number of nitro groups is 1. The predicted molar refractivity (Wildman–Crippen MR) is 168 cm³/mol.